The van der Waals surface area contributed by atoms with Gasteiger partial charge in [-0.1, -0.05) is 0 Å². The van der Waals surface area contributed by atoms with Crippen LogP contribution in [0.1, 0.15) is 22.8 Å². The highest BCUT2D eigenvalue weighted by molar-refractivity contribution is 9.10. The van der Waals surface area contributed by atoms with E-state index in [9.17, 15) is 18.0 Å². The van der Waals surface area contributed by atoms with Crippen molar-refractivity contribution in [3.8, 4) is 0 Å². The second kappa shape index (κ2) is 6.54. The highest BCUT2D eigenvalue weighted by Gasteiger charge is 2.32. The van der Waals surface area contributed by atoms with Crippen LogP contribution >= 0.6 is 39.1 Å². The lowest BCUT2D eigenvalue weighted by Gasteiger charge is -2.26. The van der Waals surface area contributed by atoms with Crippen molar-refractivity contribution in [1.82, 2.24) is 5.32 Å². The second-order valence-electron chi connectivity index (χ2n) is 4.47. The molecule has 1 aromatic carbocycles. The van der Waals surface area contributed by atoms with Gasteiger partial charge in [0, 0.05) is 16.2 Å². The molecule has 0 aliphatic rings. The van der Waals surface area contributed by atoms with Crippen LogP contribution in [0.15, 0.2) is 22.7 Å². The molecule has 8 heteroatoms. The summed E-state index contributed by atoms with van der Waals surface area (Å²) in [6, 6.07) is 2.85. The smallest absolute Gasteiger partial charge is 0.344 e. The van der Waals surface area contributed by atoms with Crippen molar-refractivity contribution in [2.45, 2.75) is 18.6 Å². The van der Waals surface area contributed by atoms with Gasteiger partial charge in [0.05, 0.1) is 16.7 Å². The lowest BCUT2D eigenvalue weighted by molar-refractivity contribution is -0.137. The van der Waals surface area contributed by atoms with Gasteiger partial charge in [0.1, 0.15) is 0 Å². The number of rotatable bonds is 4. The Kier molecular flexibility index (Phi) is 5.75. The Morgan fingerprint density at radius 1 is 1.30 bits per heavy atom. The van der Waals surface area contributed by atoms with E-state index < -0.39 is 23.2 Å². The first-order valence-corrected chi connectivity index (χ1v) is 7.30. The topological polar surface area (TPSA) is 29.1 Å². The van der Waals surface area contributed by atoms with E-state index in [1.807, 2.05) is 0 Å². The van der Waals surface area contributed by atoms with Crippen molar-refractivity contribution in [1.29, 1.82) is 0 Å². The highest BCUT2D eigenvalue weighted by atomic mass is 79.9. The molecule has 0 aliphatic heterocycles. The fraction of sp³-hybridized carbons (Fsp3) is 0.417. The van der Waals surface area contributed by atoms with Gasteiger partial charge in [-0.15, -0.1) is 23.2 Å². The molecular weight excluding hydrogens is 382 g/mol. The number of alkyl halides is 5. The average molecular weight is 393 g/mol. The van der Waals surface area contributed by atoms with Crippen molar-refractivity contribution >= 4 is 45.0 Å². The van der Waals surface area contributed by atoms with Crippen LogP contribution in [0.2, 0.25) is 0 Å². The van der Waals surface area contributed by atoms with E-state index in [2.05, 4.69) is 21.2 Å². The number of carbonyl (C=O) groups excluding carboxylic acids is 1. The predicted octanol–water partition coefficient (Wildman–Crippen LogP) is 4.43. The molecule has 0 unspecified atom stereocenters. The lowest BCUT2D eigenvalue weighted by Crippen LogP contribution is -2.49. The van der Waals surface area contributed by atoms with Gasteiger partial charge in [-0.25, -0.2) is 0 Å². The molecule has 0 heterocycles. The first-order valence-electron chi connectivity index (χ1n) is 5.44. The number of benzene rings is 1. The fourth-order valence-corrected chi connectivity index (χ4v) is 2.17. The third kappa shape index (κ3) is 4.27. The average Bonchev–Trinajstić information content (AvgIpc) is 2.37. The molecule has 1 rings (SSSR count). The second-order valence-corrected chi connectivity index (χ2v) is 5.86. The molecule has 0 fully saturated rings. The number of hydrogen-bond acceptors (Lipinski definition) is 1. The third-order valence-electron chi connectivity index (χ3n) is 2.54. The number of halogens is 6. The Hall–Kier alpha value is -0.460. The zero-order chi connectivity index (χ0) is 15.6. The van der Waals surface area contributed by atoms with E-state index in [1.165, 1.54) is 6.07 Å². The standard InChI is InChI=1S/C12H11BrCl2F3NO/c1-11(5-14,6-15)19-10(20)8-4-7(12(16,17)18)2-3-9(8)13/h2-4H,5-6H2,1H3,(H,19,20). The lowest BCUT2D eigenvalue weighted by atomic mass is 10.1. The van der Waals surface area contributed by atoms with Gasteiger partial charge in [0.2, 0.25) is 0 Å². The van der Waals surface area contributed by atoms with E-state index in [0.29, 0.717) is 0 Å². The van der Waals surface area contributed by atoms with E-state index >= 15 is 0 Å². The molecule has 0 spiro atoms. The van der Waals surface area contributed by atoms with E-state index in [4.69, 9.17) is 23.2 Å². The van der Waals surface area contributed by atoms with Crippen LogP contribution in [0.4, 0.5) is 13.2 Å². The molecule has 0 aromatic heterocycles. The minimum absolute atomic E-state index is 0.0405. The van der Waals surface area contributed by atoms with E-state index in [1.54, 1.807) is 6.92 Å². The summed E-state index contributed by atoms with van der Waals surface area (Å²) < 4.78 is 38.2. The van der Waals surface area contributed by atoms with Crippen LogP contribution in [0, 0.1) is 0 Å². The Balaban J connectivity index is 3.10. The summed E-state index contributed by atoms with van der Waals surface area (Å²) in [7, 11) is 0. The highest BCUT2D eigenvalue weighted by Crippen LogP contribution is 2.32. The zero-order valence-electron chi connectivity index (χ0n) is 10.3. The molecule has 1 amide bonds. The SMILES string of the molecule is CC(CCl)(CCl)NC(=O)c1cc(C(F)(F)F)ccc1Br. The zero-order valence-corrected chi connectivity index (χ0v) is 13.4. The number of nitrogens with one attached hydrogen (secondary N) is 1. The molecule has 0 atom stereocenters. The Labute approximate surface area is 132 Å². The molecule has 112 valence electrons. The number of carbonyl (C=O) groups is 1. The summed E-state index contributed by atoms with van der Waals surface area (Å²) in [6.07, 6.45) is -4.52. The van der Waals surface area contributed by atoms with Gasteiger partial charge in [-0.3, -0.25) is 4.79 Å². The summed E-state index contributed by atoms with van der Waals surface area (Å²) in [5.74, 6) is -0.593. The predicted molar refractivity (Wildman–Crippen MR) is 76.5 cm³/mol. The summed E-state index contributed by atoms with van der Waals surface area (Å²) in [5.41, 5.74) is -1.92. The normalized spacial score (nSPS) is 12.3. The summed E-state index contributed by atoms with van der Waals surface area (Å²) in [6.45, 7) is 1.60. The number of hydrogen-bond donors (Lipinski definition) is 1. The van der Waals surface area contributed by atoms with Gasteiger partial charge in [0.15, 0.2) is 0 Å². The van der Waals surface area contributed by atoms with Gasteiger partial charge in [-0.2, -0.15) is 13.2 Å². The monoisotopic (exact) mass is 391 g/mol. The molecule has 20 heavy (non-hydrogen) atoms. The Morgan fingerprint density at radius 3 is 2.30 bits per heavy atom. The maximum absolute atomic E-state index is 12.6. The molecule has 0 bridgehead atoms. The largest absolute Gasteiger partial charge is 0.416 e. The summed E-state index contributed by atoms with van der Waals surface area (Å²) >= 11 is 14.4. The van der Waals surface area contributed by atoms with Crippen molar-refractivity contribution in [2.24, 2.45) is 0 Å². The van der Waals surface area contributed by atoms with Gasteiger partial charge in [0.25, 0.3) is 5.91 Å². The summed E-state index contributed by atoms with van der Waals surface area (Å²) in [4.78, 5) is 12.1. The first kappa shape index (κ1) is 17.6. The Bertz CT molecular complexity index is 504. The quantitative estimate of drug-likeness (QED) is 0.754. The molecule has 2 nitrogen and oxygen atoms in total. The maximum atomic E-state index is 12.6. The van der Waals surface area contributed by atoms with Crippen LogP contribution < -0.4 is 5.32 Å². The van der Waals surface area contributed by atoms with Crippen LogP contribution in [-0.2, 0) is 6.18 Å². The molecule has 1 aromatic rings. The fourth-order valence-electron chi connectivity index (χ4n) is 1.32. The van der Waals surface area contributed by atoms with Crippen LogP contribution in [-0.4, -0.2) is 23.2 Å². The molecule has 0 aliphatic carbocycles. The van der Waals surface area contributed by atoms with E-state index in [-0.39, 0.29) is 21.8 Å². The van der Waals surface area contributed by atoms with Crippen molar-refractivity contribution in [3.63, 3.8) is 0 Å². The van der Waals surface area contributed by atoms with Crippen LogP contribution in [0.5, 0.6) is 0 Å². The minimum Gasteiger partial charge on any atom is -0.344 e. The third-order valence-corrected chi connectivity index (χ3v) is 4.41. The minimum atomic E-state index is -4.52. The Morgan fingerprint density at radius 2 is 1.85 bits per heavy atom. The number of amides is 1. The molecule has 1 N–H and O–H groups in total. The van der Waals surface area contributed by atoms with Crippen molar-refractivity contribution in [3.05, 3.63) is 33.8 Å². The van der Waals surface area contributed by atoms with Crippen LogP contribution in [0.3, 0.4) is 0 Å². The molecular formula is C12H11BrCl2F3NO. The molecule has 0 radical (unpaired) electrons. The summed E-state index contributed by atoms with van der Waals surface area (Å²) in [5, 5.41) is 2.53. The first-order chi connectivity index (χ1) is 9.13. The van der Waals surface area contributed by atoms with Gasteiger partial charge in [-0.05, 0) is 41.1 Å². The van der Waals surface area contributed by atoms with Gasteiger partial charge < -0.3 is 5.32 Å². The van der Waals surface area contributed by atoms with E-state index in [0.717, 1.165) is 12.1 Å². The van der Waals surface area contributed by atoms with Crippen molar-refractivity contribution in [2.75, 3.05) is 11.8 Å². The molecule has 0 saturated heterocycles. The van der Waals surface area contributed by atoms with Crippen molar-refractivity contribution < 1.29 is 18.0 Å². The molecule has 0 saturated carbocycles. The van der Waals surface area contributed by atoms with Crippen LogP contribution in [0.25, 0.3) is 0 Å². The maximum Gasteiger partial charge on any atom is 0.416 e. The van der Waals surface area contributed by atoms with Gasteiger partial charge >= 0.3 is 6.18 Å².